The number of benzene rings is 2. The van der Waals surface area contributed by atoms with Crippen molar-refractivity contribution < 1.29 is 4.79 Å². The Bertz CT molecular complexity index is 734. The average molecular weight is 389 g/mol. The molecule has 2 aromatic rings. The molecule has 0 aromatic heterocycles. The Hall–Kier alpha value is -1.53. The Morgan fingerprint density at radius 1 is 1.09 bits per heavy atom. The van der Waals surface area contributed by atoms with Gasteiger partial charge in [-0.3, -0.25) is 4.79 Å². The van der Waals surface area contributed by atoms with Gasteiger partial charge in [0.15, 0.2) is 5.11 Å². The molecule has 1 amide bonds. The summed E-state index contributed by atoms with van der Waals surface area (Å²) in [5.41, 5.74) is 6.49. The van der Waals surface area contributed by atoms with Crippen LogP contribution in [0.2, 0.25) is 15.1 Å². The lowest BCUT2D eigenvalue weighted by atomic mass is 10.1. The van der Waals surface area contributed by atoms with Gasteiger partial charge in [0.25, 0.3) is 0 Å². The molecule has 0 aliphatic rings. The summed E-state index contributed by atoms with van der Waals surface area (Å²) >= 11 is 23.4. The van der Waals surface area contributed by atoms with Gasteiger partial charge in [-0.1, -0.05) is 46.9 Å². The maximum atomic E-state index is 11.8. The highest BCUT2D eigenvalue weighted by Gasteiger charge is 2.24. The van der Waals surface area contributed by atoms with E-state index >= 15 is 0 Å². The lowest BCUT2D eigenvalue weighted by Gasteiger charge is -2.20. The normalized spacial score (nSPS) is 11.6. The van der Waals surface area contributed by atoms with E-state index in [0.717, 1.165) is 0 Å². The van der Waals surface area contributed by atoms with Crippen molar-refractivity contribution in [3.8, 4) is 0 Å². The average Bonchev–Trinajstić information content (AvgIpc) is 2.45. The van der Waals surface area contributed by atoms with Crippen LogP contribution in [0.5, 0.6) is 0 Å². The molecule has 0 saturated heterocycles. The summed E-state index contributed by atoms with van der Waals surface area (Å²) in [7, 11) is 0. The van der Waals surface area contributed by atoms with Crippen LogP contribution in [0.1, 0.15) is 11.6 Å². The Labute approximate surface area is 153 Å². The maximum absolute atomic E-state index is 11.8. The fourth-order valence-electron chi connectivity index (χ4n) is 1.94. The summed E-state index contributed by atoms with van der Waals surface area (Å²) in [6, 6.07) is 10.9. The van der Waals surface area contributed by atoms with Crippen LogP contribution >= 0.6 is 47.0 Å². The molecule has 0 aliphatic heterocycles. The molecule has 4 nitrogen and oxygen atoms in total. The second-order valence-corrected chi connectivity index (χ2v) is 6.24. The molecule has 1 unspecified atom stereocenters. The first-order chi connectivity index (χ1) is 10.9. The number of halogens is 3. The molecule has 0 bridgehead atoms. The maximum Gasteiger partial charge on any atom is 0.244 e. The minimum absolute atomic E-state index is 0.187. The first-order valence-corrected chi connectivity index (χ1v) is 7.99. The van der Waals surface area contributed by atoms with Crippen LogP contribution in [0.25, 0.3) is 0 Å². The van der Waals surface area contributed by atoms with Gasteiger partial charge in [-0.2, -0.15) is 0 Å². The molecule has 0 spiro atoms. The summed E-state index contributed by atoms with van der Waals surface area (Å²) in [6.07, 6.45) is 0. The molecule has 1 atom stereocenters. The van der Waals surface area contributed by atoms with Crippen LogP contribution in [0.3, 0.4) is 0 Å². The van der Waals surface area contributed by atoms with Gasteiger partial charge in [-0.25, -0.2) is 0 Å². The number of hydrogen-bond donors (Lipinski definition) is 3. The predicted octanol–water partition coefficient (Wildman–Crippen LogP) is 4.16. The van der Waals surface area contributed by atoms with E-state index in [1.807, 2.05) is 0 Å². The number of carbonyl (C=O) groups is 1. The first kappa shape index (κ1) is 17.8. The third-order valence-corrected chi connectivity index (χ3v) is 4.05. The second kappa shape index (κ2) is 7.84. The smallest absolute Gasteiger partial charge is 0.244 e. The highest BCUT2D eigenvalue weighted by Crippen LogP contribution is 2.30. The molecule has 0 saturated carbocycles. The van der Waals surface area contributed by atoms with Crippen molar-refractivity contribution in [1.29, 1.82) is 0 Å². The topological polar surface area (TPSA) is 67.2 Å². The number of anilines is 1. The van der Waals surface area contributed by atoms with Crippen molar-refractivity contribution in [1.82, 2.24) is 5.32 Å². The van der Waals surface area contributed by atoms with Crippen molar-refractivity contribution in [2.75, 3.05) is 5.32 Å². The SMILES string of the molecule is NC(=O)C(NC(=S)Nc1cccc(Cl)c1)c1c(Cl)cccc1Cl. The van der Waals surface area contributed by atoms with Crippen molar-refractivity contribution in [3.05, 3.63) is 63.1 Å². The molecule has 0 radical (unpaired) electrons. The number of primary amides is 1. The van der Waals surface area contributed by atoms with Gasteiger partial charge in [-0.05, 0) is 42.5 Å². The minimum atomic E-state index is -0.963. The molecule has 0 aliphatic carbocycles. The van der Waals surface area contributed by atoms with E-state index < -0.39 is 11.9 Å². The van der Waals surface area contributed by atoms with Gasteiger partial charge in [0, 0.05) is 26.3 Å². The third-order valence-electron chi connectivity index (χ3n) is 2.93. The number of thiocarbonyl (C=S) groups is 1. The summed E-state index contributed by atoms with van der Waals surface area (Å²) in [5.74, 6) is -0.657. The fourth-order valence-corrected chi connectivity index (χ4v) is 2.98. The van der Waals surface area contributed by atoms with Crippen LogP contribution in [-0.4, -0.2) is 11.0 Å². The molecule has 8 heteroatoms. The molecule has 120 valence electrons. The summed E-state index contributed by atoms with van der Waals surface area (Å²) < 4.78 is 0. The molecule has 23 heavy (non-hydrogen) atoms. The Morgan fingerprint density at radius 2 is 1.70 bits per heavy atom. The Morgan fingerprint density at radius 3 is 2.26 bits per heavy atom. The number of nitrogens with one attached hydrogen (secondary N) is 2. The molecule has 0 fully saturated rings. The molecular weight excluding hydrogens is 377 g/mol. The number of hydrogen-bond acceptors (Lipinski definition) is 2. The van der Waals surface area contributed by atoms with Crippen molar-refractivity contribution in [2.24, 2.45) is 5.73 Å². The Balaban J connectivity index is 2.20. The molecule has 2 rings (SSSR count). The summed E-state index contributed by atoms with van der Waals surface area (Å²) in [5, 5.41) is 7.11. The monoisotopic (exact) mass is 387 g/mol. The van der Waals surface area contributed by atoms with E-state index in [0.29, 0.717) is 26.3 Å². The quantitative estimate of drug-likeness (QED) is 0.688. The van der Waals surface area contributed by atoms with Crippen molar-refractivity contribution in [2.45, 2.75) is 6.04 Å². The van der Waals surface area contributed by atoms with Crippen LogP contribution in [0, 0.1) is 0 Å². The highest BCUT2D eigenvalue weighted by atomic mass is 35.5. The molecular formula is C15H12Cl3N3OS. The first-order valence-electron chi connectivity index (χ1n) is 6.45. The second-order valence-electron chi connectivity index (χ2n) is 4.58. The van der Waals surface area contributed by atoms with Crippen molar-refractivity contribution in [3.63, 3.8) is 0 Å². The lowest BCUT2D eigenvalue weighted by Crippen LogP contribution is -2.40. The van der Waals surface area contributed by atoms with Gasteiger partial charge < -0.3 is 16.4 Å². The molecule has 0 heterocycles. The van der Waals surface area contributed by atoms with Crippen LogP contribution in [0.4, 0.5) is 5.69 Å². The number of amides is 1. The van der Waals surface area contributed by atoms with E-state index in [2.05, 4.69) is 10.6 Å². The predicted molar refractivity (Wildman–Crippen MR) is 99.2 cm³/mol. The van der Waals surface area contributed by atoms with Crippen molar-refractivity contribution >= 4 is 63.7 Å². The van der Waals surface area contributed by atoms with Gasteiger partial charge in [-0.15, -0.1) is 0 Å². The number of nitrogens with two attached hydrogens (primary N) is 1. The van der Waals surface area contributed by atoms with Gasteiger partial charge >= 0.3 is 0 Å². The highest BCUT2D eigenvalue weighted by molar-refractivity contribution is 7.80. The molecule has 4 N–H and O–H groups in total. The van der Waals surface area contributed by atoms with E-state index in [4.69, 9.17) is 52.8 Å². The minimum Gasteiger partial charge on any atom is -0.368 e. The summed E-state index contributed by atoms with van der Waals surface area (Å²) in [4.78, 5) is 11.8. The third kappa shape index (κ3) is 4.72. The van der Waals surface area contributed by atoms with Crippen LogP contribution in [-0.2, 0) is 4.79 Å². The van der Waals surface area contributed by atoms with E-state index in [1.54, 1.807) is 42.5 Å². The van der Waals surface area contributed by atoms with Gasteiger partial charge in [0.05, 0.1) is 0 Å². The number of rotatable bonds is 4. The van der Waals surface area contributed by atoms with Crippen LogP contribution in [0.15, 0.2) is 42.5 Å². The largest absolute Gasteiger partial charge is 0.368 e. The molecule has 2 aromatic carbocycles. The van der Waals surface area contributed by atoms with E-state index in [9.17, 15) is 4.79 Å². The summed E-state index contributed by atoms with van der Waals surface area (Å²) in [6.45, 7) is 0. The zero-order valence-electron chi connectivity index (χ0n) is 11.6. The Kier molecular flexibility index (Phi) is 6.07. The van der Waals surface area contributed by atoms with E-state index in [1.165, 1.54) is 0 Å². The lowest BCUT2D eigenvalue weighted by molar-refractivity contribution is -0.119. The van der Waals surface area contributed by atoms with Crippen LogP contribution < -0.4 is 16.4 Å². The number of carbonyl (C=O) groups excluding carboxylic acids is 1. The fraction of sp³-hybridized carbons (Fsp3) is 0.0667. The van der Waals surface area contributed by atoms with Gasteiger partial charge in [0.1, 0.15) is 6.04 Å². The standard InChI is InChI=1S/C15H12Cl3N3OS/c16-8-3-1-4-9(7-8)20-15(23)21-13(14(19)22)12-10(17)5-2-6-11(12)18/h1-7,13H,(H2,19,22)(H2,20,21,23). The zero-order valence-corrected chi connectivity index (χ0v) is 14.7. The zero-order chi connectivity index (χ0) is 17.0. The van der Waals surface area contributed by atoms with E-state index in [-0.39, 0.29) is 5.11 Å². The van der Waals surface area contributed by atoms with Gasteiger partial charge in [0.2, 0.25) is 5.91 Å².